The van der Waals surface area contributed by atoms with Gasteiger partial charge in [0, 0.05) is 34.4 Å². The van der Waals surface area contributed by atoms with Gasteiger partial charge in [-0.25, -0.2) is 0 Å². The van der Waals surface area contributed by atoms with Crippen LogP contribution in [-0.2, 0) is 6.54 Å². The van der Waals surface area contributed by atoms with Crippen LogP contribution in [0.2, 0.25) is 0 Å². The lowest BCUT2D eigenvalue weighted by Crippen LogP contribution is -2.20. The van der Waals surface area contributed by atoms with E-state index in [1.54, 1.807) is 11.3 Å². The summed E-state index contributed by atoms with van der Waals surface area (Å²) in [4.78, 5) is 3.66. The number of nitrogens with zero attached hydrogens (tertiary/aromatic N) is 1. The Morgan fingerprint density at radius 3 is 3.08 bits per heavy atom. The van der Waals surface area contributed by atoms with Crippen LogP contribution < -0.4 is 0 Å². The highest BCUT2D eigenvalue weighted by molar-refractivity contribution is 9.10. The highest BCUT2D eigenvalue weighted by Gasteiger charge is 2.20. The number of aliphatic hydroxyl groups excluding tert-OH is 1. The van der Waals surface area contributed by atoms with Crippen LogP contribution in [0.25, 0.3) is 0 Å². The van der Waals surface area contributed by atoms with Crippen LogP contribution in [0.15, 0.2) is 15.9 Å². The maximum Gasteiger partial charge on any atom is 0.0679 e. The van der Waals surface area contributed by atoms with Crippen LogP contribution in [0.5, 0.6) is 0 Å². The Labute approximate surface area is 90.3 Å². The standard InChI is InChI=1S/C9H12BrNOS/c10-7-3-9(13-6-7)5-11-2-1-8(12)4-11/h3,6,8,12H,1-2,4-5H2/t8-/m0/s1. The lowest BCUT2D eigenvalue weighted by atomic mass is 10.3. The zero-order valence-corrected chi connectivity index (χ0v) is 9.64. The monoisotopic (exact) mass is 261 g/mol. The van der Waals surface area contributed by atoms with Crippen molar-refractivity contribution in [3.8, 4) is 0 Å². The van der Waals surface area contributed by atoms with Crippen molar-refractivity contribution >= 4 is 27.3 Å². The fourth-order valence-electron chi connectivity index (χ4n) is 1.61. The fourth-order valence-corrected chi connectivity index (χ4v) is 3.11. The minimum Gasteiger partial charge on any atom is -0.392 e. The third kappa shape index (κ3) is 2.53. The molecule has 1 aromatic heterocycles. The van der Waals surface area contributed by atoms with E-state index in [9.17, 15) is 5.11 Å². The SMILES string of the molecule is O[C@H]1CCN(Cc2cc(Br)cs2)C1. The normalized spacial score (nSPS) is 24.0. The molecule has 0 bridgehead atoms. The molecule has 0 aromatic carbocycles. The van der Waals surface area contributed by atoms with Gasteiger partial charge in [0.15, 0.2) is 0 Å². The molecule has 0 spiro atoms. The van der Waals surface area contributed by atoms with Crippen molar-refractivity contribution in [3.63, 3.8) is 0 Å². The maximum absolute atomic E-state index is 9.34. The topological polar surface area (TPSA) is 23.5 Å². The number of hydrogen-bond donors (Lipinski definition) is 1. The molecule has 0 aliphatic carbocycles. The number of aliphatic hydroxyl groups is 1. The average Bonchev–Trinajstić information content (AvgIpc) is 2.62. The molecule has 13 heavy (non-hydrogen) atoms. The Kier molecular flexibility index (Phi) is 3.03. The second kappa shape index (κ2) is 4.09. The van der Waals surface area contributed by atoms with Gasteiger partial charge < -0.3 is 5.11 Å². The predicted octanol–water partition coefficient (Wildman–Crippen LogP) is 2.08. The van der Waals surface area contributed by atoms with Gasteiger partial charge in [-0.15, -0.1) is 11.3 Å². The van der Waals surface area contributed by atoms with Crippen molar-refractivity contribution in [1.29, 1.82) is 0 Å². The van der Waals surface area contributed by atoms with Crippen LogP contribution in [0.1, 0.15) is 11.3 Å². The smallest absolute Gasteiger partial charge is 0.0679 e. The number of hydrogen-bond acceptors (Lipinski definition) is 3. The number of rotatable bonds is 2. The summed E-state index contributed by atoms with van der Waals surface area (Å²) >= 11 is 5.20. The number of halogens is 1. The van der Waals surface area contributed by atoms with Gasteiger partial charge in [-0.1, -0.05) is 0 Å². The van der Waals surface area contributed by atoms with Gasteiger partial charge in [-0.2, -0.15) is 0 Å². The lowest BCUT2D eigenvalue weighted by molar-refractivity contribution is 0.175. The Hall–Kier alpha value is 0.1000. The van der Waals surface area contributed by atoms with E-state index in [-0.39, 0.29) is 6.10 Å². The molecule has 2 heterocycles. The first kappa shape index (κ1) is 9.65. The molecule has 1 saturated heterocycles. The molecular formula is C9H12BrNOS. The van der Waals surface area contributed by atoms with Crippen molar-refractivity contribution in [1.82, 2.24) is 4.90 Å². The molecule has 1 fully saturated rings. The van der Waals surface area contributed by atoms with Gasteiger partial charge in [0.1, 0.15) is 0 Å². The van der Waals surface area contributed by atoms with E-state index >= 15 is 0 Å². The molecule has 1 aromatic rings. The molecule has 0 unspecified atom stereocenters. The number of β-amino-alcohol motifs (C(OH)–C–C–N with tert-alkyl or cyclic N) is 1. The summed E-state index contributed by atoms with van der Waals surface area (Å²) in [7, 11) is 0. The van der Waals surface area contributed by atoms with Gasteiger partial charge >= 0.3 is 0 Å². The summed E-state index contributed by atoms with van der Waals surface area (Å²) < 4.78 is 1.16. The summed E-state index contributed by atoms with van der Waals surface area (Å²) in [6, 6.07) is 2.15. The molecule has 2 rings (SSSR count). The molecule has 1 aliphatic heterocycles. The second-order valence-electron chi connectivity index (χ2n) is 3.41. The third-order valence-corrected chi connectivity index (χ3v) is 3.93. The van der Waals surface area contributed by atoms with Crippen LogP contribution >= 0.6 is 27.3 Å². The van der Waals surface area contributed by atoms with E-state index in [2.05, 4.69) is 32.3 Å². The summed E-state index contributed by atoms with van der Waals surface area (Å²) in [6.07, 6.45) is 0.815. The van der Waals surface area contributed by atoms with Gasteiger partial charge in [-0.3, -0.25) is 4.90 Å². The average molecular weight is 262 g/mol. The molecule has 1 aliphatic rings. The molecule has 0 saturated carbocycles. The molecule has 0 radical (unpaired) electrons. The molecule has 2 nitrogen and oxygen atoms in total. The lowest BCUT2D eigenvalue weighted by Gasteiger charge is -2.12. The molecule has 0 amide bonds. The van der Waals surface area contributed by atoms with Crippen LogP contribution in [0, 0.1) is 0 Å². The molecule has 1 N–H and O–H groups in total. The van der Waals surface area contributed by atoms with Crippen molar-refractivity contribution in [2.75, 3.05) is 13.1 Å². The summed E-state index contributed by atoms with van der Waals surface area (Å²) in [5.41, 5.74) is 0. The Morgan fingerprint density at radius 1 is 1.69 bits per heavy atom. The van der Waals surface area contributed by atoms with Crippen LogP contribution in [0.3, 0.4) is 0 Å². The minimum absolute atomic E-state index is 0.108. The Balaban J connectivity index is 1.91. The highest BCUT2D eigenvalue weighted by atomic mass is 79.9. The predicted molar refractivity (Wildman–Crippen MR) is 57.9 cm³/mol. The van der Waals surface area contributed by atoms with Gasteiger partial charge in [0.05, 0.1) is 6.10 Å². The van der Waals surface area contributed by atoms with Crippen molar-refractivity contribution in [2.45, 2.75) is 19.1 Å². The first-order valence-electron chi connectivity index (χ1n) is 4.37. The first-order valence-corrected chi connectivity index (χ1v) is 6.04. The van der Waals surface area contributed by atoms with E-state index in [1.807, 2.05) is 0 Å². The Morgan fingerprint density at radius 2 is 2.54 bits per heavy atom. The minimum atomic E-state index is -0.108. The van der Waals surface area contributed by atoms with Gasteiger partial charge in [0.25, 0.3) is 0 Å². The number of thiophene rings is 1. The second-order valence-corrected chi connectivity index (χ2v) is 5.32. The zero-order chi connectivity index (χ0) is 9.26. The van der Waals surface area contributed by atoms with E-state index in [0.717, 1.165) is 30.5 Å². The Bertz CT molecular complexity index is 289. The number of likely N-dealkylation sites (tertiary alicyclic amines) is 1. The molecular weight excluding hydrogens is 250 g/mol. The third-order valence-electron chi connectivity index (χ3n) is 2.25. The van der Waals surface area contributed by atoms with E-state index in [1.165, 1.54) is 4.88 Å². The largest absolute Gasteiger partial charge is 0.392 e. The van der Waals surface area contributed by atoms with E-state index in [0.29, 0.717) is 0 Å². The van der Waals surface area contributed by atoms with Crippen molar-refractivity contribution in [3.05, 3.63) is 20.8 Å². The maximum atomic E-state index is 9.34. The fraction of sp³-hybridized carbons (Fsp3) is 0.556. The van der Waals surface area contributed by atoms with E-state index < -0.39 is 0 Å². The summed E-state index contributed by atoms with van der Waals surface area (Å²) in [5.74, 6) is 0. The van der Waals surface area contributed by atoms with Crippen molar-refractivity contribution < 1.29 is 5.11 Å². The molecule has 1 atom stereocenters. The zero-order valence-electron chi connectivity index (χ0n) is 7.24. The highest BCUT2D eigenvalue weighted by Crippen LogP contribution is 2.22. The van der Waals surface area contributed by atoms with Gasteiger partial charge in [0.2, 0.25) is 0 Å². The van der Waals surface area contributed by atoms with Crippen LogP contribution in [-0.4, -0.2) is 29.2 Å². The molecule has 4 heteroatoms. The first-order chi connectivity index (χ1) is 6.24. The molecule has 72 valence electrons. The van der Waals surface area contributed by atoms with Gasteiger partial charge in [-0.05, 0) is 28.4 Å². The van der Waals surface area contributed by atoms with Crippen LogP contribution in [0.4, 0.5) is 0 Å². The summed E-state index contributed by atoms with van der Waals surface area (Å²) in [6.45, 7) is 2.83. The summed E-state index contributed by atoms with van der Waals surface area (Å²) in [5, 5.41) is 11.4. The van der Waals surface area contributed by atoms with Crippen molar-refractivity contribution in [2.24, 2.45) is 0 Å². The van der Waals surface area contributed by atoms with E-state index in [4.69, 9.17) is 0 Å². The quantitative estimate of drug-likeness (QED) is 0.882.